The molecule has 8 nitrogen and oxygen atoms in total. The number of hydrogen-bond acceptors (Lipinski definition) is 8. The molecule has 0 saturated carbocycles. The van der Waals surface area contributed by atoms with Crippen LogP contribution in [-0.2, 0) is 9.47 Å². The summed E-state index contributed by atoms with van der Waals surface area (Å²) in [6, 6.07) is 11.6. The van der Waals surface area contributed by atoms with Crippen molar-refractivity contribution in [2.75, 3.05) is 57.5 Å². The molecule has 2 saturated heterocycles. The molecular weight excluding hydrogens is 600 g/mol. The average Bonchev–Trinajstić information content (AvgIpc) is 2.90. The maximum absolute atomic E-state index is 5.68. The third-order valence-corrected chi connectivity index (χ3v) is 6.32. The fraction of sp³-hybridized carbons (Fsp3) is 0.333. The zero-order valence-electron chi connectivity index (χ0n) is 19.0. The minimum Gasteiger partial charge on any atom is -0.379 e. The van der Waals surface area contributed by atoms with Gasteiger partial charge in [0.15, 0.2) is 0 Å². The van der Waals surface area contributed by atoms with Crippen LogP contribution in [0.3, 0.4) is 0 Å². The number of fused-ring (bicyclic) bond motifs is 2. The van der Waals surface area contributed by atoms with Crippen molar-refractivity contribution >= 4 is 71.3 Å². The fourth-order valence-corrected chi connectivity index (χ4v) is 4.24. The van der Waals surface area contributed by atoms with Gasteiger partial charge >= 0.3 is 0 Å². The molecule has 1 N–H and O–H groups in total. The van der Waals surface area contributed by atoms with E-state index in [0.717, 1.165) is 89.4 Å². The van der Waals surface area contributed by atoms with E-state index in [0.29, 0.717) is 5.15 Å². The van der Waals surface area contributed by atoms with Crippen LogP contribution in [0.5, 0.6) is 0 Å². The first-order chi connectivity index (χ1) is 17.1. The van der Waals surface area contributed by atoms with E-state index in [1.165, 1.54) is 6.20 Å². The first kappa shape index (κ1) is 26.1. The molecule has 35 heavy (non-hydrogen) atoms. The molecule has 2 fully saturated rings. The number of nitrogens with one attached hydrogen (secondary N) is 1. The van der Waals surface area contributed by atoms with E-state index in [2.05, 4.69) is 62.0 Å². The number of benzene rings is 2. The minimum atomic E-state index is 0.417. The number of aromatic nitrogens is 4. The maximum atomic E-state index is 5.68. The third-order valence-electron chi connectivity index (χ3n) is 5.15. The Labute approximate surface area is 225 Å². The Kier molecular flexibility index (Phi) is 9.99. The number of nitrogens with zero attached hydrogens (tertiary/aromatic N) is 5. The molecule has 11 heteroatoms. The van der Waals surface area contributed by atoms with Crippen LogP contribution in [0.4, 0.5) is 5.82 Å². The minimum absolute atomic E-state index is 0.417. The molecule has 2 aliphatic rings. The first-order valence-corrected chi connectivity index (χ1v) is 13.2. The van der Waals surface area contributed by atoms with Crippen molar-refractivity contribution in [1.82, 2.24) is 25.3 Å². The van der Waals surface area contributed by atoms with Gasteiger partial charge in [0, 0.05) is 35.1 Å². The van der Waals surface area contributed by atoms with E-state index in [4.69, 9.17) is 21.1 Å². The molecule has 0 aliphatic carbocycles. The highest BCUT2D eigenvalue weighted by atomic mass is 79.9. The molecule has 0 bridgehead atoms. The highest BCUT2D eigenvalue weighted by molar-refractivity contribution is 9.10. The van der Waals surface area contributed by atoms with Crippen LogP contribution < -0.4 is 10.2 Å². The quantitative estimate of drug-likeness (QED) is 0.321. The average molecular weight is 625 g/mol. The molecule has 184 valence electrons. The van der Waals surface area contributed by atoms with Gasteiger partial charge in [-0.3, -0.25) is 9.97 Å². The van der Waals surface area contributed by atoms with Gasteiger partial charge in [0.1, 0.15) is 11.0 Å². The van der Waals surface area contributed by atoms with Gasteiger partial charge in [-0.05, 0) is 36.4 Å². The SMILES string of the molecule is Brc1ccc2ncc(N3CCOCC3)nc2c1.C1COCCN1.Clc1cnc2ccc(Br)cc2n1. The highest BCUT2D eigenvalue weighted by Crippen LogP contribution is 2.20. The molecule has 4 aromatic rings. The second-order valence-electron chi connectivity index (χ2n) is 7.65. The van der Waals surface area contributed by atoms with Crippen molar-refractivity contribution in [3.63, 3.8) is 0 Å². The monoisotopic (exact) mass is 622 g/mol. The van der Waals surface area contributed by atoms with Gasteiger partial charge in [0.2, 0.25) is 0 Å². The lowest BCUT2D eigenvalue weighted by Crippen LogP contribution is -2.36. The molecule has 4 heterocycles. The molecule has 0 atom stereocenters. The Bertz CT molecular complexity index is 1210. The number of ether oxygens (including phenoxy) is 2. The zero-order valence-corrected chi connectivity index (χ0v) is 22.9. The van der Waals surface area contributed by atoms with E-state index in [1.54, 1.807) is 0 Å². The van der Waals surface area contributed by atoms with Gasteiger partial charge < -0.3 is 19.7 Å². The molecule has 2 aromatic heterocycles. The molecule has 0 amide bonds. The predicted molar refractivity (Wildman–Crippen MR) is 146 cm³/mol. The molecular formula is C24H25Br2ClN6O2. The summed E-state index contributed by atoms with van der Waals surface area (Å²) in [4.78, 5) is 19.5. The van der Waals surface area contributed by atoms with Gasteiger partial charge in [-0.25, -0.2) is 9.97 Å². The lowest BCUT2D eigenvalue weighted by atomic mass is 10.3. The highest BCUT2D eigenvalue weighted by Gasteiger charge is 2.13. The Balaban J connectivity index is 0.000000139. The van der Waals surface area contributed by atoms with Gasteiger partial charge in [0.05, 0.1) is 60.9 Å². The van der Waals surface area contributed by atoms with E-state index in [9.17, 15) is 0 Å². The summed E-state index contributed by atoms with van der Waals surface area (Å²) in [5.74, 6) is 0.930. The topological polar surface area (TPSA) is 85.3 Å². The summed E-state index contributed by atoms with van der Waals surface area (Å²) >= 11 is 12.5. The lowest BCUT2D eigenvalue weighted by Gasteiger charge is -2.27. The Morgan fingerprint density at radius 3 is 1.89 bits per heavy atom. The number of anilines is 1. The van der Waals surface area contributed by atoms with Gasteiger partial charge in [-0.15, -0.1) is 0 Å². The Morgan fingerprint density at radius 2 is 1.31 bits per heavy atom. The van der Waals surface area contributed by atoms with Crippen molar-refractivity contribution < 1.29 is 9.47 Å². The van der Waals surface area contributed by atoms with Gasteiger partial charge in [-0.1, -0.05) is 43.5 Å². The van der Waals surface area contributed by atoms with Gasteiger partial charge in [-0.2, -0.15) is 0 Å². The molecule has 2 aliphatic heterocycles. The summed E-state index contributed by atoms with van der Waals surface area (Å²) in [5, 5.41) is 3.58. The summed E-state index contributed by atoms with van der Waals surface area (Å²) in [6.45, 7) is 7.12. The van der Waals surface area contributed by atoms with Crippen molar-refractivity contribution in [3.05, 3.63) is 62.9 Å². The second-order valence-corrected chi connectivity index (χ2v) is 9.87. The second kappa shape index (κ2) is 13.4. The number of halogens is 3. The summed E-state index contributed by atoms with van der Waals surface area (Å²) in [5.41, 5.74) is 3.49. The zero-order chi connectivity index (χ0) is 24.5. The maximum Gasteiger partial charge on any atom is 0.148 e. The largest absolute Gasteiger partial charge is 0.379 e. The summed E-state index contributed by atoms with van der Waals surface area (Å²) < 4.78 is 12.3. The Morgan fingerprint density at radius 1 is 0.743 bits per heavy atom. The molecule has 0 radical (unpaired) electrons. The molecule has 6 rings (SSSR count). The normalized spacial score (nSPS) is 15.7. The van der Waals surface area contributed by atoms with Crippen LogP contribution in [0.15, 0.2) is 57.7 Å². The van der Waals surface area contributed by atoms with Crippen molar-refractivity contribution in [2.24, 2.45) is 0 Å². The van der Waals surface area contributed by atoms with E-state index in [1.807, 2.05) is 42.6 Å². The van der Waals surface area contributed by atoms with E-state index in [-0.39, 0.29) is 0 Å². The third kappa shape index (κ3) is 8.03. The van der Waals surface area contributed by atoms with Crippen LogP contribution in [-0.4, -0.2) is 72.5 Å². The van der Waals surface area contributed by atoms with Crippen LogP contribution in [0.2, 0.25) is 5.15 Å². The van der Waals surface area contributed by atoms with E-state index >= 15 is 0 Å². The number of rotatable bonds is 1. The molecule has 0 unspecified atom stereocenters. The standard InChI is InChI=1S/C12H12BrN3O.C8H4BrClN2.C4H9NO/c13-9-1-2-10-11(7-9)15-12(8-14-10)16-3-5-17-6-4-16;9-5-1-2-6-7(3-5)12-8(10)4-11-6;1-3-6-4-2-5-1/h1-2,7-8H,3-6H2;1-4H;5H,1-4H2. The van der Waals surface area contributed by atoms with Gasteiger partial charge in [0.25, 0.3) is 0 Å². The molecule has 2 aromatic carbocycles. The van der Waals surface area contributed by atoms with Crippen molar-refractivity contribution in [1.29, 1.82) is 0 Å². The number of hydrogen-bond donors (Lipinski definition) is 1. The van der Waals surface area contributed by atoms with Crippen LogP contribution in [0.1, 0.15) is 0 Å². The summed E-state index contributed by atoms with van der Waals surface area (Å²) in [6.07, 6.45) is 3.37. The van der Waals surface area contributed by atoms with Crippen LogP contribution >= 0.6 is 43.5 Å². The van der Waals surface area contributed by atoms with Crippen molar-refractivity contribution in [3.8, 4) is 0 Å². The molecule has 0 spiro atoms. The summed E-state index contributed by atoms with van der Waals surface area (Å²) in [7, 11) is 0. The first-order valence-electron chi connectivity index (χ1n) is 11.2. The fourth-order valence-electron chi connectivity index (χ4n) is 3.40. The smallest absolute Gasteiger partial charge is 0.148 e. The number of morpholine rings is 2. The van der Waals surface area contributed by atoms with E-state index < -0.39 is 0 Å². The predicted octanol–water partition coefficient (Wildman–Crippen LogP) is 4.88. The lowest BCUT2D eigenvalue weighted by molar-refractivity contribution is 0.109. The van der Waals surface area contributed by atoms with Crippen LogP contribution in [0, 0.1) is 0 Å². The Hall–Kier alpha value is -1.95. The van der Waals surface area contributed by atoms with Crippen LogP contribution in [0.25, 0.3) is 22.1 Å². The van der Waals surface area contributed by atoms with Crippen molar-refractivity contribution in [2.45, 2.75) is 0 Å².